The summed E-state index contributed by atoms with van der Waals surface area (Å²) in [6.07, 6.45) is 1.49. The van der Waals surface area contributed by atoms with E-state index in [2.05, 4.69) is 30.5 Å². The summed E-state index contributed by atoms with van der Waals surface area (Å²) < 4.78 is 21.3. The fourth-order valence-corrected chi connectivity index (χ4v) is 4.22. The largest absolute Gasteiger partial charge is 0.379 e. The summed E-state index contributed by atoms with van der Waals surface area (Å²) in [5.41, 5.74) is 3.26. The van der Waals surface area contributed by atoms with Crippen LogP contribution in [0.2, 0.25) is 0 Å². The van der Waals surface area contributed by atoms with Gasteiger partial charge >= 0.3 is 0 Å². The molecule has 1 unspecified atom stereocenters. The van der Waals surface area contributed by atoms with Crippen molar-refractivity contribution in [3.63, 3.8) is 0 Å². The van der Waals surface area contributed by atoms with Crippen LogP contribution < -0.4 is 10.6 Å². The van der Waals surface area contributed by atoms with Gasteiger partial charge in [0.15, 0.2) is 12.1 Å². The normalized spacial score (nSPS) is 19.9. The second kappa shape index (κ2) is 8.30. The van der Waals surface area contributed by atoms with Gasteiger partial charge in [-0.25, -0.2) is 14.4 Å². The predicted molar refractivity (Wildman–Crippen MR) is 123 cm³/mol. The molecule has 3 N–H and O–H groups in total. The van der Waals surface area contributed by atoms with E-state index in [1.54, 1.807) is 12.4 Å². The van der Waals surface area contributed by atoms with Crippen molar-refractivity contribution in [2.24, 2.45) is 4.99 Å². The average Bonchev–Trinajstić information content (AvgIpc) is 3.47. The van der Waals surface area contributed by atoms with Crippen LogP contribution in [-0.2, 0) is 11.3 Å². The second-order valence-electron chi connectivity index (χ2n) is 8.00. The van der Waals surface area contributed by atoms with Crippen molar-refractivity contribution in [3.8, 4) is 5.69 Å². The van der Waals surface area contributed by atoms with Crippen molar-refractivity contribution >= 4 is 22.7 Å². The molecule has 4 aromatic rings. The summed E-state index contributed by atoms with van der Waals surface area (Å²) in [5.74, 6) is 1.90. The minimum atomic E-state index is -0.299. The van der Waals surface area contributed by atoms with Gasteiger partial charge in [-0.05, 0) is 30.3 Å². The van der Waals surface area contributed by atoms with E-state index < -0.39 is 0 Å². The number of hydrogen-bond acceptors (Lipinski definition) is 6. The molecule has 2 aromatic carbocycles. The van der Waals surface area contributed by atoms with E-state index in [0.29, 0.717) is 37.0 Å². The zero-order valence-corrected chi connectivity index (χ0v) is 17.8. The summed E-state index contributed by atoms with van der Waals surface area (Å²) in [6, 6.07) is 14.4. The van der Waals surface area contributed by atoms with Crippen molar-refractivity contribution in [2.45, 2.75) is 12.8 Å². The molecule has 4 heterocycles. The first-order valence-corrected chi connectivity index (χ1v) is 10.9. The molecule has 6 rings (SSSR count). The van der Waals surface area contributed by atoms with Crippen LogP contribution in [0, 0.1) is 5.82 Å². The summed E-state index contributed by atoms with van der Waals surface area (Å²) in [6.45, 7) is 3.28. The smallest absolute Gasteiger partial charge is 0.158 e. The minimum Gasteiger partial charge on any atom is -0.379 e. The van der Waals surface area contributed by atoms with Gasteiger partial charge in [0, 0.05) is 13.1 Å². The van der Waals surface area contributed by atoms with Crippen LogP contribution in [0.1, 0.15) is 11.5 Å². The van der Waals surface area contributed by atoms with Crippen LogP contribution in [-0.4, -0.2) is 62.8 Å². The third kappa shape index (κ3) is 3.83. The third-order valence-corrected chi connectivity index (χ3v) is 5.86. The van der Waals surface area contributed by atoms with Gasteiger partial charge in [0.05, 0.1) is 36.5 Å². The average molecular weight is 446 g/mol. The maximum atomic E-state index is 13.9. The molecule has 0 spiro atoms. The number of halogens is 1. The summed E-state index contributed by atoms with van der Waals surface area (Å²) >= 11 is 0. The van der Waals surface area contributed by atoms with Crippen LogP contribution in [0.15, 0.2) is 59.9 Å². The number of aromatic amines is 1. The first-order chi connectivity index (χ1) is 16.2. The molecule has 0 aliphatic carbocycles. The standard InChI is InChI=1S/C23H23FN8O/c24-15-4-3-5-16(12-15)32-14-26-20-21(25-13-19-27-17-6-1-2-7-18(17)28-19)29-23(30-22(20)32)31-8-10-33-11-9-31/h1-7,12,14,23,30H,8-11,13H2,(H,25,29)(H,27,28). The molecule has 2 aliphatic rings. The van der Waals surface area contributed by atoms with Gasteiger partial charge < -0.3 is 20.4 Å². The number of fused-ring (bicyclic) bond motifs is 2. The highest BCUT2D eigenvalue weighted by atomic mass is 19.1. The molecule has 33 heavy (non-hydrogen) atoms. The van der Waals surface area contributed by atoms with Crippen molar-refractivity contribution in [3.05, 3.63) is 72.2 Å². The molecule has 0 bridgehead atoms. The highest BCUT2D eigenvalue weighted by molar-refractivity contribution is 6.03. The zero-order valence-electron chi connectivity index (χ0n) is 17.8. The zero-order chi connectivity index (χ0) is 22.2. The lowest BCUT2D eigenvalue weighted by Crippen LogP contribution is -2.58. The third-order valence-electron chi connectivity index (χ3n) is 5.86. The molecule has 1 atom stereocenters. The lowest BCUT2D eigenvalue weighted by atomic mass is 10.2. The number of nitrogens with zero attached hydrogens (tertiary/aromatic N) is 5. The number of morpholine rings is 1. The Bertz CT molecular complexity index is 1290. The number of imidazole rings is 2. The molecule has 168 valence electrons. The Hall–Kier alpha value is -3.76. The van der Waals surface area contributed by atoms with Crippen LogP contribution in [0.25, 0.3) is 16.7 Å². The number of ether oxygens (including phenoxy) is 1. The Morgan fingerprint density at radius 2 is 1.97 bits per heavy atom. The molecule has 1 fully saturated rings. The topological polar surface area (TPSA) is 95.4 Å². The van der Waals surface area contributed by atoms with Crippen LogP contribution in [0.4, 0.5) is 10.2 Å². The highest BCUT2D eigenvalue weighted by Gasteiger charge is 2.31. The number of benzene rings is 2. The van der Waals surface area contributed by atoms with Gasteiger partial charge in [-0.1, -0.05) is 18.2 Å². The van der Waals surface area contributed by atoms with Crippen LogP contribution >= 0.6 is 0 Å². The summed E-state index contributed by atoms with van der Waals surface area (Å²) in [7, 11) is 0. The number of hydrogen-bond donors (Lipinski definition) is 3. The first-order valence-electron chi connectivity index (χ1n) is 10.9. The maximum absolute atomic E-state index is 13.9. The van der Waals surface area contributed by atoms with E-state index in [4.69, 9.17) is 9.73 Å². The Labute approximate surface area is 189 Å². The molecule has 0 amide bonds. The first kappa shape index (κ1) is 19.9. The van der Waals surface area contributed by atoms with Crippen molar-refractivity contribution in [1.29, 1.82) is 0 Å². The number of aliphatic imine (C=N–C) groups is 1. The maximum Gasteiger partial charge on any atom is 0.158 e. The van der Waals surface area contributed by atoms with E-state index in [-0.39, 0.29) is 12.1 Å². The molecular weight excluding hydrogens is 423 g/mol. The quantitative estimate of drug-likeness (QED) is 0.446. The number of nitrogens with one attached hydrogen (secondary N) is 3. The van der Waals surface area contributed by atoms with Crippen molar-refractivity contribution < 1.29 is 9.13 Å². The van der Waals surface area contributed by atoms with E-state index >= 15 is 0 Å². The van der Waals surface area contributed by atoms with Crippen LogP contribution in [0.3, 0.4) is 0 Å². The molecule has 0 radical (unpaired) electrons. The molecule has 2 aromatic heterocycles. The number of para-hydroxylation sites is 2. The molecule has 1 saturated heterocycles. The number of anilines is 1. The summed E-state index contributed by atoms with van der Waals surface area (Å²) in [4.78, 5) is 19.6. The minimum absolute atomic E-state index is 0.195. The molecule has 10 heteroatoms. The van der Waals surface area contributed by atoms with Gasteiger partial charge in [-0.2, -0.15) is 0 Å². The number of rotatable bonds is 4. The van der Waals surface area contributed by atoms with Crippen molar-refractivity contribution in [2.75, 3.05) is 31.6 Å². The van der Waals surface area contributed by atoms with Gasteiger partial charge in [-0.3, -0.25) is 14.5 Å². The number of aromatic nitrogens is 4. The fraction of sp³-hybridized carbons (Fsp3) is 0.261. The van der Waals surface area contributed by atoms with Crippen molar-refractivity contribution in [1.82, 2.24) is 29.7 Å². The molecular formula is C23H23FN8O. The SMILES string of the molecule is Fc1cccc(-n2cnc3c2NC(N2CCOCC2)NC3=NCc2nc3ccccc3[nH]2)c1. The van der Waals surface area contributed by atoms with Gasteiger partial charge in [-0.15, -0.1) is 0 Å². The lowest BCUT2D eigenvalue weighted by Gasteiger charge is -2.38. The molecule has 2 aliphatic heterocycles. The van der Waals surface area contributed by atoms with Gasteiger partial charge in [0.2, 0.25) is 0 Å². The Kier molecular flexibility index (Phi) is 5.00. The van der Waals surface area contributed by atoms with E-state index in [1.165, 1.54) is 12.1 Å². The predicted octanol–water partition coefficient (Wildman–Crippen LogP) is 2.47. The fourth-order valence-electron chi connectivity index (χ4n) is 4.22. The Balaban J connectivity index is 1.36. The molecule has 0 saturated carbocycles. The van der Waals surface area contributed by atoms with Gasteiger partial charge in [0.25, 0.3) is 0 Å². The highest BCUT2D eigenvalue weighted by Crippen LogP contribution is 2.26. The van der Waals surface area contributed by atoms with E-state index in [1.807, 2.05) is 34.9 Å². The number of H-pyrrole nitrogens is 1. The van der Waals surface area contributed by atoms with Gasteiger partial charge in [0.1, 0.15) is 29.5 Å². The van der Waals surface area contributed by atoms with E-state index in [0.717, 1.165) is 35.8 Å². The monoisotopic (exact) mass is 446 g/mol. The van der Waals surface area contributed by atoms with Crippen LogP contribution in [0.5, 0.6) is 0 Å². The Morgan fingerprint density at radius 3 is 2.82 bits per heavy atom. The van der Waals surface area contributed by atoms with E-state index in [9.17, 15) is 4.39 Å². The second-order valence-corrected chi connectivity index (χ2v) is 8.00. The molecule has 9 nitrogen and oxygen atoms in total. The summed E-state index contributed by atoms with van der Waals surface area (Å²) in [5, 5.41) is 6.99. The Morgan fingerprint density at radius 1 is 1.09 bits per heavy atom. The number of amidine groups is 1. The lowest BCUT2D eigenvalue weighted by molar-refractivity contribution is 0.0188.